The van der Waals surface area contributed by atoms with Crippen LogP contribution < -0.4 is 0 Å². The predicted molar refractivity (Wildman–Crippen MR) is 42.0 cm³/mol. The molecule has 0 aliphatic heterocycles. The second-order valence-corrected chi connectivity index (χ2v) is 2.10. The van der Waals surface area contributed by atoms with Gasteiger partial charge in [-0.25, -0.2) is 0 Å². The summed E-state index contributed by atoms with van der Waals surface area (Å²) in [7, 11) is 0. The zero-order valence-electron chi connectivity index (χ0n) is 5.99. The molecule has 0 saturated carbocycles. The van der Waals surface area contributed by atoms with Crippen LogP contribution >= 0.6 is 23.2 Å². The van der Waals surface area contributed by atoms with Crippen molar-refractivity contribution < 1.29 is 9.47 Å². The molecule has 0 saturated heterocycles. The molecule has 0 fully saturated rings. The van der Waals surface area contributed by atoms with Crippen LogP contribution in [-0.4, -0.2) is 13.2 Å². The van der Waals surface area contributed by atoms with Gasteiger partial charge in [0.2, 0.25) is 10.4 Å². The van der Waals surface area contributed by atoms with E-state index in [1.54, 1.807) is 0 Å². The van der Waals surface area contributed by atoms with Crippen LogP contribution in [0.3, 0.4) is 0 Å². The lowest BCUT2D eigenvalue weighted by Gasteiger charge is -2.03. The Bertz CT molecular complexity index is 109. The summed E-state index contributed by atoms with van der Waals surface area (Å²) in [5.41, 5.74) is 0. The number of ether oxygens (including phenoxy) is 2. The first-order valence-electron chi connectivity index (χ1n) is 3.03. The maximum atomic E-state index is 5.51. The summed E-state index contributed by atoms with van der Waals surface area (Å²) in [6, 6.07) is 0. The summed E-state index contributed by atoms with van der Waals surface area (Å²) in [6.07, 6.45) is 0. The van der Waals surface area contributed by atoms with Crippen LogP contribution in [0.15, 0.2) is 10.4 Å². The molecule has 0 aromatic rings. The Kier molecular flexibility index (Phi) is 5.64. The Morgan fingerprint density at radius 1 is 1.00 bits per heavy atom. The molecule has 0 aliphatic carbocycles. The summed E-state index contributed by atoms with van der Waals surface area (Å²) in [5.74, 6) is 0. The van der Waals surface area contributed by atoms with Crippen LogP contribution in [0.2, 0.25) is 0 Å². The van der Waals surface area contributed by atoms with Crippen molar-refractivity contribution in [2.24, 2.45) is 0 Å². The van der Waals surface area contributed by atoms with Gasteiger partial charge in [0.05, 0.1) is 13.2 Å². The second kappa shape index (κ2) is 5.69. The topological polar surface area (TPSA) is 18.5 Å². The van der Waals surface area contributed by atoms with Crippen molar-refractivity contribution in [3.63, 3.8) is 0 Å². The molecule has 0 atom stereocenters. The van der Waals surface area contributed by atoms with Gasteiger partial charge >= 0.3 is 0 Å². The van der Waals surface area contributed by atoms with Crippen molar-refractivity contribution in [1.29, 1.82) is 0 Å². The van der Waals surface area contributed by atoms with Gasteiger partial charge in [-0.05, 0) is 37.0 Å². The van der Waals surface area contributed by atoms with E-state index in [4.69, 9.17) is 32.7 Å². The quantitative estimate of drug-likeness (QED) is 0.626. The Balaban J connectivity index is 3.79. The molecule has 10 heavy (non-hydrogen) atoms. The van der Waals surface area contributed by atoms with Gasteiger partial charge in [0.15, 0.2) is 0 Å². The number of halogens is 2. The fourth-order valence-electron chi connectivity index (χ4n) is 0.367. The van der Waals surface area contributed by atoms with Gasteiger partial charge in [-0.15, -0.1) is 0 Å². The average Bonchev–Trinajstić information content (AvgIpc) is 1.89. The highest BCUT2D eigenvalue weighted by molar-refractivity contribution is 6.37. The normalized spacial score (nSPS) is 12.4. The van der Waals surface area contributed by atoms with E-state index in [2.05, 4.69) is 0 Å². The van der Waals surface area contributed by atoms with Crippen LogP contribution in [0.1, 0.15) is 13.8 Å². The minimum atomic E-state index is 0.117. The van der Waals surface area contributed by atoms with E-state index in [0.29, 0.717) is 13.2 Å². The highest BCUT2D eigenvalue weighted by Gasteiger charge is 2.01. The maximum Gasteiger partial charge on any atom is 0.242 e. The lowest BCUT2D eigenvalue weighted by atomic mass is 10.8. The van der Waals surface area contributed by atoms with Gasteiger partial charge in [0, 0.05) is 0 Å². The van der Waals surface area contributed by atoms with E-state index in [-0.39, 0.29) is 10.4 Å². The summed E-state index contributed by atoms with van der Waals surface area (Å²) in [5, 5.41) is 0.233. The first kappa shape index (κ1) is 9.92. The summed E-state index contributed by atoms with van der Waals surface area (Å²) < 4.78 is 9.69. The lowest BCUT2D eigenvalue weighted by Crippen LogP contribution is -1.91. The van der Waals surface area contributed by atoms with Gasteiger partial charge in [0.1, 0.15) is 0 Å². The molecule has 0 rings (SSSR count). The largest absolute Gasteiger partial charge is 0.480 e. The molecular formula is C6H10Cl2O2. The van der Waals surface area contributed by atoms with E-state index >= 15 is 0 Å². The molecule has 0 aromatic carbocycles. The predicted octanol–water partition coefficient (Wildman–Crippen LogP) is 2.66. The number of hydrogen-bond acceptors (Lipinski definition) is 2. The number of hydrogen-bond donors (Lipinski definition) is 0. The third-order valence-electron chi connectivity index (χ3n) is 0.697. The minimum absolute atomic E-state index is 0.117. The van der Waals surface area contributed by atoms with Gasteiger partial charge in [-0.2, -0.15) is 0 Å². The lowest BCUT2D eigenvalue weighted by molar-refractivity contribution is 0.201. The van der Waals surface area contributed by atoms with E-state index in [0.717, 1.165) is 0 Å². The van der Waals surface area contributed by atoms with Gasteiger partial charge in [0.25, 0.3) is 0 Å². The third-order valence-corrected chi connectivity index (χ3v) is 1.35. The first-order chi connectivity index (χ1) is 4.72. The zero-order chi connectivity index (χ0) is 7.98. The SMILES string of the molecule is CCO/C(Cl)=C(\Cl)OCC. The molecule has 0 N–H and O–H groups in total. The van der Waals surface area contributed by atoms with Crippen LogP contribution in [-0.2, 0) is 9.47 Å². The van der Waals surface area contributed by atoms with Gasteiger partial charge in [-0.3, -0.25) is 0 Å². The molecule has 0 radical (unpaired) electrons. The van der Waals surface area contributed by atoms with E-state index < -0.39 is 0 Å². The highest BCUT2D eigenvalue weighted by atomic mass is 35.5. The fraction of sp³-hybridized carbons (Fsp3) is 0.667. The fourth-order valence-corrected chi connectivity index (χ4v) is 0.694. The van der Waals surface area contributed by atoms with Crippen molar-refractivity contribution in [2.45, 2.75) is 13.8 Å². The molecular weight excluding hydrogens is 175 g/mol. The molecule has 60 valence electrons. The molecule has 2 nitrogen and oxygen atoms in total. The standard InChI is InChI=1S/C6H10Cl2O2/c1-3-9-5(7)6(8)10-4-2/h3-4H2,1-2H3/b6-5+. The molecule has 0 amide bonds. The van der Waals surface area contributed by atoms with Crippen LogP contribution in [0.4, 0.5) is 0 Å². The molecule has 0 aliphatic rings. The smallest absolute Gasteiger partial charge is 0.242 e. The molecule has 0 bridgehead atoms. The Morgan fingerprint density at radius 2 is 1.30 bits per heavy atom. The van der Waals surface area contributed by atoms with Crippen LogP contribution in [0, 0.1) is 0 Å². The van der Waals surface area contributed by atoms with Crippen molar-refractivity contribution in [3.8, 4) is 0 Å². The second-order valence-electron chi connectivity index (χ2n) is 1.41. The highest BCUT2D eigenvalue weighted by Crippen LogP contribution is 2.15. The molecule has 0 heterocycles. The Labute approximate surface area is 70.7 Å². The number of rotatable bonds is 4. The van der Waals surface area contributed by atoms with E-state index in [1.165, 1.54) is 0 Å². The maximum absolute atomic E-state index is 5.51. The Morgan fingerprint density at radius 3 is 1.50 bits per heavy atom. The summed E-state index contributed by atoms with van der Waals surface area (Å²) in [6.45, 7) is 4.61. The van der Waals surface area contributed by atoms with Gasteiger partial charge in [-0.1, -0.05) is 0 Å². The molecule has 0 spiro atoms. The van der Waals surface area contributed by atoms with Crippen molar-refractivity contribution in [1.82, 2.24) is 0 Å². The van der Waals surface area contributed by atoms with Crippen molar-refractivity contribution >= 4 is 23.2 Å². The van der Waals surface area contributed by atoms with E-state index in [1.807, 2.05) is 13.8 Å². The monoisotopic (exact) mass is 184 g/mol. The summed E-state index contributed by atoms with van der Waals surface area (Å²) >= 11 is 11.0. The average molecular weight is 185 g/mol. The van der Waals surface area contributed by atoms with Crippen LogP contribution in [0.5, 0.6) is 0 Å². The van der Waals surface area contributed by atoms with Crippen molar-refractivity contribution in [3.05, 3.63) is 10.4 Å². The third kappa shape index (κ3) is 3.85. The molecule has 0 aromatic heterocycles. The molecule has 4 heteroatoms. The zero-order valence-corrected chi connectivity index (χ0v) is 7.50. The first-order valence-corrected chi connectivity index (χ1v) is 3.78. The van der Waals surface area contributed by atoms with E-state index in [9.17, 15) is 0 Å². The van der Waals surface area contributed by atoms with Gasteiger partial charge < -0.3 is 9.47 Å². The van der Waals surface area contributed by atoms with Crippen LogP contribution in [0.25, 0.3) is 0 Å². The molecule has 0 unspecified atom stereocenters. The minimum Gasteiger partial charge on any atom is -0.480 e. The van der Waals surface area contributed by atoms with Crippen molar-refractivity contribution in [2.75, 3.05) is 13.2 Å². The Hall–Kier alpha value is -0.0800. The summed E-state index contributed by atoms with van der Waals surface area (Å²) in [4.78, 5) is 0.